The molecular weight excluding hydrogens is 430 g/mol. The molecule has 0 unspecified atom stereocenters. The summed E-state index contributed by atoms with van der Waals surface area (Å²) in [7, 11) is 0. The molecule has 0 radical (unpaired) electrons. The molecule has 0 saturated carbocycles. The third-order valence-electron chi connectivity index (χ3n) is 6.24. The van der Waals surface area contributed by atoms with Gasteiger partial charge in [-0.1, -0.05) is 62.3 Å². The molecule has 1 saturated heterocycles. The van der Waals surface area contributed by atoms with Gasteiger partial charge < -0.3 is 15.6 Å². The lowest BCUT2D eigenvalue weighted by Gasteiger charge is -2.30. The summed E-state index contributed by atoms with van der Waals surface area (Å²) in [5.41, 5.74) is 8.45. The van der Waals surface area contributed by atoms with Crippen LogP contribution in [0.5, 0.6) is 0 Å². The van der Waals surface area contributed by atoms with Crippen molar-refractivity contribution in [2.75, 3.05) is 18.4 Å². The number of piperidine rings is 1. The normalized spacial score (nSPS) is 15.3. The molecule has 34 heavy (non-hydrogen) atoms. The molecule has 2 amide bonds. The zero-order valence-electron chi connectivity index (χ0n) is 19.9. The highest BCUT2D eigenvalue weighted by Gasteiger charge is 2.27. The zero-order chi connectivity index (χ0) is 24.3. The number of carbonyl (C=O) groups excluding carboxylic acids is 2. The molecule has 3 N–H and O–H groups in total. The molecule has 178 valence electrons. The lowest BCUT2D eigenvalue weighted by Crippen LogP contribution is -2.38. The second-order valence-corrected chi connectivity index (χ2v) is 9.79. The Kier molecular flexibility index (Phi) is 6.79. The summed E-state index contributed by atoms with van der Waals surface area (Å²) >= 11 is 0. The molecule has 2 aromatic carbocycles. The van der Waals surface area contributed by atoms with Gasteiger partial charge in [0, 0.05) is 11.5 Å². The van der Waals surface area contributed by atoms with Gasteiger partial charge in [0.1, 0.15) is 0 Å². The minimum atomic E-state index is -0.560. The maximum atomic E-state index is 12.7. The van der Waals surface area contributed by atoms with Gasteiger partial charge in [0.25, 0.3) is 5.91 Å². The van der Waals surface area contributed by atoms with Crippen molar-refractivity contribution in [3.63, 3.8) is 0 Å². The number of rotatable bonds is 6. The Hall–Kier alpha value is -3.52. The van der Waals surface area contributed by atoms with Crippen molar-refractivity contribution in [3.8, 4) is 11.4 Å². The van der Waals surface area contributed by atoms with Gasteiger partial charge in [0.15, 0.2) is 0 Å². The first kappa shape index (κ1) is 23.6. The number of nitrogens with one attached hydrogen (secondary N) is 1. The quantitative estimate of drug-likeness (QED) is 0.574. The number of carbonyl (C=O) groups is 2. The van der Waals surface area contributed by atoms with E-state index in [4.69, 9.17) is 10.3 Å². The molecule has 8 nitrogen and oxygen atoms in total. The first-order valence-electron chi connectivity index (χ1n) is 11.6. The van der Waals surface area contributed by atoms with E-state index in [2.05, 4.69) is 53.3 Å². The summed E-state index contributed by atoms with van der Waals surface area (Å²) in [5.74, 6) is 0.365. The molecular formula is C26H31N5O3. The molecule has 3 aromatic rings. The fourth-order valence-electron chi connectivity index (χ4n) is 4.14. The third kappa shape index (κ3) is 5.51. The predicted octanol–water partition coefficient (Wildman–Crippen LogP) is 3.98. The highest BCUT2D eigenvalue weighted by atomic mass is 16.5. The summed E-state index contributed by atoms with van der Waals surface area (Å²) < 4.78 is 5.48. The largest absolute Gasteiger partial charge is 0.366 e. The minimum Gasteiger partial charge on any atom is -0.366 e. The van der Waals surface area contributed by atoms with Crippen LogP contribution in [-0.4, -0.2) is 39.9 Å². The Morgan fingerprint density at radius 1 is 1.09 bits per heavy atom. The molecule has 1 fully saturated rings. The average molecular weight is 462 g/mol. The number of primary amides is 1. The summed E-state index contributed by atoms with van der Waals surface area (Å²) in [6.45, 7) is 8.58. The molecule has 8 heteroatoms. The number of anilines is 1. The van der Waals surface area contributed by atoms with E-state index in [0.29, 0.717) is 42.4 Å². The third-order valence-corrected chi connectivity index (χ3v) is 6.24. The van der Waals surface area contributed by atoms with Crippen LogP contribution in [0.25, 0.3) is 11.4 Å². The average Bonchev–Trinajstić information content (AvgIpc) is 3.28. The first-order chi connectivity index (χ1) is 16.2. The molecule has 0 atom stereocenters. The SMILES string of the molecule is CC(C)(C)c1ccc(-c2noc(CN3CCC(C(=O)Nc4ccccc4C(N)=O)CC3)n2)cc1. The Morgan fingerprint density at radius 2 is 1.76 bits per heavy atom. The van der Waals surface area contributed by atoms with Gasteiger partial charge in [-0.15, -0.1) is 0 Å². The second kappa shape index (κ2) is 9.77. The van der Waals surface area contributed by atoms with Gasteiger partial charge in [-0.3, -0.25) is 14.5 Å². The molecule has 1 aromatic heterocycles. The highest BCUT2D eigenvalue weighted by molar-refractivity contribution is 6.03. The number of benzene rings is 2. The van der Waals surface area contributed by atoms with Crippen molar-refractivity contribution < 1.29 is 14.1 Å². The van der Waals surface area contributed by atoms with E-state index in [-0.39, 0.29) is 17.2 Å². The van der Waals surface area contributed by atoms with Crippen LogP contribution in [0.1, 0.15) is 55.4 Å². The number of aromatic nitrogens is 2. The van der Waals surface area contributed by atoms with Crippen molar-refractivity contribution in [1.82, 2.24) is 15.0 Å². The van der Waals surface area contributed by atoms with E-state index >= 15 is 0 Å². The fraction of sp³-hybridized carbons (Fsp3) is 0.385. The second-order valence-electron chi connectivity index (χ2n) is 9.79. The zero-order valence-corrected chi connectivity index (χ0v) is 19.9. The van der Waals surface area contributed by atoms with E-state index in [0.717, 1.165) is 18.7 Å². The first-order valence-corrected chi connectivity index (χ1v) is 11.6. The summed E-state index contributed by atoms with van der Waals surface area (Å²) in [4.78, 5) is 31.1. The van der Waals surface area contributed by atoms with E-state index in [9.17, 15) is 9.59 Å². The number of nitrogens with zero attached hydrogens (tertiary/aromatic N) is 3. The molecule has 0 spiro atoms. The van der Waals surface area contributed by atoms with Crippen LogP contribution in [-0.2, 0) is 16.8 Å². The highest BCUT2D eigenvalue weighted by Crippen LogP contribution is 2.26. The Balaban J connectivity index is 1.31. The molecule has 0 bridgehead atoms. The van der Waals surface area contributed by atoms with Crippen LogP contribution < -0.4 is 11.1 Å². The lowest BCUT2D eigenvalue weighted by molar-refractivity contribution is -0.121. The predicted molar refractivity (Wildman–Crippen MR) is 130 cm³/mol. The van der Waals surface area contributed by atoms with E-state index in [1.54, 1.807) is 24.3 Å². The van der Waals surface area contributed by atoms with Gasteiger partial charge in [0.05, 0.1) is 17.8 Å². The number of para-hydroxylation sites is 1. The van der Waals surface area contributed by atoms with Crippen molar-refractivity contribution >= 4 is 17.5 Å². The summed E-state index contributed by atoms with van der Waals surface area (Å²) in [5, 5.41) is 7.00. The van der Waals surface area contributed by atoms with Gasteiger partial charge in [-0.05, 0) is 49.0 Å². The van der Waals surface area contributed by atoms with Crippen molar-refractivity contribution in [3.05, 3.63) is 65.5 Å². The number of amides is 2. The van der Waals surface area contributed by atoms with Crippen LogP contribution in [0.4, 0.5) is 5.69 Å². The van der Waals surface area contributed by atoms with E-state index in [1.165, 1.54) is 5.56 Å². The molecule has 1 aliphatic heterocycles. The van der Waals surface area contributed by atoms with E-state index < -0.39 is 5.91 Å². The van der Waals surface area contributed by atoms with Gasteiger partial charge >= 0.3 is 0 Å². The summed E-state index contributed by atoms with van der Waals surface area (Å²) in [6, 6.07) is 15.0. The lowest BCUT2D eigenvalue weighted by atomic mass is 9.87. The van der Waals surface area contributed by atoms with Gasteiger partial charge in [0.2, 0.25) is 17.6 Å². The van der Waals surface area contributed by atoms with E-state index in [1.807, 2.05) is 12.1 Å². The van der Waals surface area contributed by atoms with Crippen LogP contribution in [0.3, 0.4) is 0 Å². The van der Waals surface area contributed by atoms with Crippen LogP contribution in [0.15, 0.2) is 53.1 Å². The van der Waals surface area contributed by atoms with Gasteiger partial charge in [-0.2, -0.15) is 4.98 Å². The molecule has 2 heterocycles. The molecule has 1 aliphatic rings. The van der Waals surface area contributed by atoms with Crippen molar-refractivity contribution in [1.29, 1.82) is 0 Å². The number of hydrogen-bond donors (Lipinski definition) is 2. The van der Waals surface area contributed by atoms with Crippen LogP contribution >= 0.6 is 0 Å². The number of likely N-dealkylation sites (tertiary alicyclic amines) is 1. The number of nitrogens with two attached hydrogens (primary N) is 1. The molecule has 0 aliphatic carbocycles. The molecule has 4 rings (SSSR count). The van der Waals surface area contributed by atoms with Crippen molar-refractivity contribution in [2.24, 2.45) is 11.7 Å². The monoisotopic (exact) mass is 461 g/mol. The minimum absolute atomic E-state index is 0.0906. The Bertz CT molecular complexity index is 1160. The Morgan fingerprint density at radius 3 is 2.41 bits per heavy atom. The van der Waals surface area contributed by atoms with Gasteiger partial charge in [-0.25, -0.2) is 0 Å². The fourth-order valence-corrected chi connectivity index (χ4v) is 4.14. The maximum Gasteiger partial charge on any atom is 0.250 e. The summed E-state index contributed by atoms with van der Waals surface area (Å²) in [6.07, 6.45) is 1.42. The topological polar surface area (TPSA) is 114 Å². The van der Waals surface area contributed by atoms with Crippen LogP contribution in [0.2, 0.25) is 0 Å². The van der Waals surface area contributed by atoms with Crippen LogP contribution in [0, 0.1) is 5.92 Å². The van der Waals surface area contributed by atoms with Crippen molar-refractivity contribution in [2.45, 2.75) is 45.6 Å². The Labute approximate surface area is 199 Å². The maximum absolute atomic E-state index is 12.7. The number of hydrogen-bond acceptors (Lipinski definition) is 6. The standard InChI is InChI=1S/C26H31N5O3/c1-26(2,3)19-10-8-17(9-11-19)24-29-22(34-30-24)16-31-14-12-18(13-15-31)25(33)28-21-7-5-4-6-20(21)23(27)32/h4-11,18H,12-16H2,1-3H3,(H2,27,32)(H,28,33). The smallest absolute Gasteiger partial charge is 0.250 e.